The molecule has 0 spiro atoms. The Morgan fingerprint density at radius 3 is 2.38 bits per heavy atom. The van der Waals surface area contributed by atoms with Crippen LogP contribution in [0.2, 0.25) is 0 Å². The van der Waals surface area contributed by atoms with Gasteiger partial charge in [-0.1, -0.05) is 6.07 Å². The fourth-order valence-corrected chi connectivity index (χ4v) is 1.52. The molecule has 1 aromatic carbocycles. The van der Waals surface area contributed by atoms with Gasteiger partial charge in [0, 0.05) is 6.20 Å². The zero-order valence-electron chi connectivity index (χ0n) is 8.67. The third kappa shape index (κ3) is 1.74. The van der Waals surface area contributed by atoms with Crippen molar-refractivity contribution in [1.82, 2.24) is 4.98 Å². The molecule has 1 aromatic heterocycles. The van der Waals surface area contributed by atoms with Gasteiger partial charge in [0.15, 0.2) is 0 Å². The minimum atomic E-state index is -0.664. The molecule has 4 heteroatoms. The van der Waals surface area contributed by atoms with Gasteiger partial charge in [-0.2, -0.15) is 0 Å². The van der Waals surface area contributed by atoms with Crippen LogP contribution >= 0.6 is 0 Å². The molecule has 0 aliphatic heterocycles. The lowest BCUT2D eigenvalue weighted by Gasteiger charge is -2.07. The van der Waals surface area contributed by atoms with Gasteiger partial charge in [0.1, 0.15) is 11.6 Å². The molecule has 82 valence electrons. The number of pyridine rings is 1. The number of aromatic nitrogens is 1. The molecule has 0 saturated carbocycles. The zero-order chi connectivity index (χ0) is 11.7. The van der Waals surface area contributed by atoms with Crippen molar-refractivity contribution in [2.45, 2.75) is 6.92 Å². The Morgan fingerprint density at radius 2 is 1.81 bits per heavy atom. The molecule has 16 heavy (non-hydrogen) atoms. The first-order chi connectivity index (χ1) is 7.59. The maximum Gasteiger partial charge on any atom is 0.135 e. The van der Waals surface area contributed by atoms with E-state index in [1.54, 1.807) is 6.07 Å². The monoisotopic (exact) mass is 220 g/mol. The molecule has 1 heterocycles. The van der Waals surface area contributed by atoms with Gasteiger partial charge in [0.25, 0.3) is 0 Å². The Kier molecular flexibility index (Phi) is 2.56. The van der Waals surface area contributed by atoms with E-state index in [0.717, 1.165) is 5.56 Å². The summed E-state index contributed by atoms with van der Waals surface area (Å²) >= 11 is 0. The SMILES string of the molecule is Cc1cnc(-c2c(F)cccc2F)c(N)c1. The lowest BCUT2D eigenvalue weighted by molar-refractivity contribution is 0.589. The van der Waals surface area contributed by atoms with E-state index < -0.39 is 11.6 Å². The Balaban J connectivity index is 2.68. The van der Waals surface area contributed by atoms with Gasteiger partial charge in [-0.25, -0.2) is 8.78 Å². The predicted octanol–water partition coefficient (Wildman–Crippen LogP) is 2.92. The average Bonchev–Trinajstić information content (AvgIpc) is 2.20. The topological polar surface area (TPSA) is 38.9 Å². The highest BCUT2D eigenvalue weighted by atomic mass is 19.1. The van der Waals surface area contributed by atoms with Crippen molar-refractivity contribution < 1.29 is 8.78 Å². The van der Waals surface area contributed by atoms with Crippen LogP contribution in [0.1, 0.15) is 5.56 Å². The number of aryl methyl sites for hydroxylation is 1. The molecule has 0 radical (unpaired) electrons. The van der Waals surface area contributed by atoms with Crippen LogP contribution in [0.4, 0.5) is 14.5 Å². The normalized spacial score (nSPS) is 10.4. The van der Waals surface area contributed by atoms with Crippen LogP contribution in [0.5, 0.6) is 0 Å². The molecule has 0 unspecified atom stereocenters. The van der Waals surface area contributed by atoms with Gasteiger partial charge in [-0.15, -0.1) is 0 Å². The lowest BCUT2D eigenvalue weighted by Crippen LogP contribution is -1.98. The minimum Gasteiger partial charge on any atom is -0.397 e. The number of nitrogens with zero attached hydrogens (tertiary/aromatic N) is 1. The first-order valence-corrected chi connectivity index (χ1v) is 4.76. The molecule has 0 amide bonds. The molecule has 2 nitrogen and oxygen atoms in total. The van der Waals surface area contributed by atoms with E-state index in [1.165, 1.54) is 24.4 Å². The Hall–Kier alpha value is -1.97. The van der Waals surface area contributed by atoms with Crippen molar-refractivity contribution in [3.8, 4) is 11.3 Å². The Bertz CT molecular complexity index is 518. The summed E-state index contributed by atoms with van der Waals surface area (Å²) in [5, 5.41) is 0. The van der Waals surface area contributed by atoms with Crippen LogP contribution in [0, 0.1) is 18.6 Å². The molecule has 2 rings (SSSR count). The molecule has 0 fully saturated rings. The van der Waals surface area contributed by atoms with E-state index in [4.69, 9.17) is 5.73 Å². The molecule has 0 bridgehead atoms. The van der Waals surface area contributed by atoms with Gasteiger partial charge < -0.3 is 5.73 Å². The summed E-state index contributed by atoms with van der Waals surface area (Å²) in [4.78, 5) is 3.96. The second-order valence-corrected chi connectivity index (χ2v) is 3.55. The van der Waals surface area contributed by atoms with Gasteiger partial charge in [0.2, 0.25) is 0 Å². The summed E-state index contributed by atoms with van der Waals surface area (Å²) in [6, 6.07) is 5.30. The number of nitrogens with two attached hydrogens (primary N) is 1. The van der Waals surface area contributed by atoms with Crippen molar-refractivity contribution in [3.05, 3.63) is 47.7 Å². The fourth-order valence-electron chi connectivity index (χ4n) is 1.52. The molecule has 0 atom stereocenters. The predicted molar refractivity (Wildman–Crippen MR) is 58.7 cm³/mol. The summed E-state index contributed by atoms with van der Waals surface area (Å²) in [5.74, 6) is -1.33. The number of anilines is 1. The van der Waals surface area contributed by atoms with Crippen LogP contribution < -0.4 is 5.73 Å². The largest absolute Gasteiger partial charge is 0.397 e. The number of benzene rings is 1. The standard InChI is InChI=1S/C12H10F2N2/c1-7-5-10(15)12(16-6-7)11-8(13)3-2-4-9(11)14/h2-6H,15H2,1H3. The number of hydrogen-bond acceptors (Lipinski definition) is 2. The number of nitrogen functional groups attached to an aromatic ring is 1. The first-order valence-electron chi connectivity index (χ1n) is 4.76. The summed E-state index contributed by atoms with van der Waals surface area (Å²) in [6.45, 7) is 1.81. The third-order valence-electron chi connectivity index (χ3n) is 2.25. The van der Waals surface area contributed by atoms with Crippen LogP contribution in [-0.4, -0.2) is 4.98 Å². The van der Waals surface area contributed by atoms with E-state index >= 15 is 0 Å². The number of rotatable bonds is 1. The van der Waals surface area contributed by atoms with Crippen molar-refractivity contribution in [3.63, 3.8) is 0 Å². The van der Waals surface area contributed by atoms with Gasteiger partial charge in [0.05, 0.1) is 16.9 Å². The third-order valence-corrected chi connectivity index (χ3v) is 2.25. The zero-order valence-corrected chi connectivity index (χ0v) is 8.67. The van der Waals surface area contributed by atoms with Gasteiger partial charge in [-0.05, 0) is 30.7 Å². The quantitative estimate of drug-likeness (QED) is 0.802. The van der Waals surface area contributed by atoms with Crippen LogP contribution in [-0.2, 0) is 0 Å². The van der Waals surface area contributed by atoms with E-state index in [0.29, 0.717) is 0 Å². The summed E-state index contributed by atoms with van der Waals surface area (Å²) in [5.41, 5.74) is 6.77. The highest BCUT2D eigenvalue weighted by Crippen LogP contribution is 2.28. The molecule has 0 aliphatic rings. The molecule has 0 saturated heterocycles. The highest BCUT2D eigenvalue weighted by Gasteiger charge is 2.14. The van der Waals surface area contributed by atoms with Crippen molar-refractivity contribution >= 4 is 5.69 Å². The second kappa shape index (κ2) is 3.89. The average molecular weight is 220 g/mol. The van der Waals surface area contributed by atoms with E-state index in [2.05, 4.69) is 4.98 Å². The summed E-state index contributed by atoms with van der Waals surface area (Å²) < 4.78 is 27.0. The van der Waals surface area contributed by atoms with Gasteiger partial charge >= 0.3 is 0 Å². The van der Waals surface area contributed by atoms with Crippen molar-refractivity contribution in [2.75, 3.05) is 5.73 Å². The highest BCUT2D eigenvalue weighted by molar-refractivity contribution is 5.73. The molecule has 2 N–H and O–H groups in total. The molecular weight excluding hydrogens is 210 g/mol. The van der Waals surface area contributed by atoms with E-state index in [-0.39, 0.29) is 16.9 Å². The van der Waals surface area contributed by atoms with E-state index in [9.17, 15) is 8.78 Å². The lowest BCUT2D eigenvalue weighted by atomic mass is 10.1. The fraction of sp³-hybridized carbons (Fsp3) is 0.0833. The molecular formula is C12H10F2N2. The molecule has 2 aromatic rings. The van der Waals surface area contributed by atoms with Gasteiger partial charge in [-0.3, -0.25) is 4.98 Å². The van der Waals surface area contributed by atoms with Crippen molar-refractivity contribution in [2.24, 2.45) is 0 Å². The summed E-state index contributed by atoms with van der Waals surface area (Å²) in [7, 11) is 0. The van der Waals surface area contributed by atoms with E-state index in [1.807, 2.05) is 6.92 Å². The smallest absolute Gasteiger partial charge is 0.135 e. The second-order valence-electron chi connectivity index (χ2n) is 3.55. The number of hydrogen-bond donors (Lipinski definition) is 1. The van der Waals surface area contributed by atoms with Crippen LogP contribution in [0.15, 0.2) is 30.5 Å². The minimum absolute atomic E-state index is 0.140. The Labute approximate surface area is 91.7 Å². The number of halogens is 2. The van der Waals surface area contributed by atoms with Crippen molar-refractivity contribution in [1.29, 1.82) is 0 Å². The first kappa shape index (κ1) is 10.5. The maximum atomic E-state index is 13.5. The summed E-state index contributed by atoms with van der Waals surface area (Å²) in [6.07, 6.45) is 1.53. The maximum absolute atomic E-state index is 13.5. The molecule has 0 aliphatic carbocycles. The van der Waals surface area contributed by atoms with Crippen LogP contribution in [0.3, 0.4) is 0 Å². The van der Waals surface area contributed by atoms with Crippen LogP contribution in [0.25, 0.3) is 11.3 Å². The Morgan fingerprint density at radius 1 is 1.19 bits per heavy atom.